The lowest BCUT2D eigenvalue weighted by molar-refractivity contribution is 0.0991. The summed E-state index contributed by atoms with van der Waals surface area (Å²) in [5.74, 6) is 0.312. The van der Waals surface area contributed by atoms with Crippen LogP contribution in [0.15, 0.2) is 24.3 Å². The molecule has 1 aliphatic heterocycles. The summed E-state index contributed by atoms with van der Waals surface area (Å²) in [6, 6.07) is 6.76. The van der Waals surface area contributed by atoms with Crippen LogP contribution in [0.2, 0.25) is 5.02 Å². The molecule has 104 valence electrons. The van der Waals surface area contributed by atoms with Crippen molar-refractivity contribution in [1.82, 2.24) is 0 Å². The van der Waals surface area contributed by atoms with Crippen molar-refractivity contribution in [2.24, 2.45) is 0 Å². The zero-order valence-electron chi connectivity index (χ0n) is 10.8. The van der Waals surface area contributed by atoms with Gasteiger partial charge in [-0.3, -0.25) is 9.00 Å². The first-order valence-electron chi connectivity index (χ1n) is 6.36. The molecule has 1 aliphatic rings. The van der Waals surface area contributed by atoms with Crippen LogP contribution in [0.5, 0.6) is 0 Å². The second-order valence-corrected chi connectivity index (χ2v) is 6.94. The first-order chi connectivity index (χ1) is 9.08. The van der Waals surface area contributed by atoms with Gasteiger partial charge in [-0.15, -0.1) is 0 Å². The molecule has 1 saturated heterocycles. The average Bonchev–Trinajstić information content (AvgIpc) is 2.89. The predicted octanol–water partition coefficient (Wildman–Crippen LogP) is 2.84. The minimum Gasteiger partial charge on any atom is -0.377 e. The van der Waals surface area contributed by atoms with Gasteiger partial charge in [0.25, 0.3) is 0 Å². The lowest BCUT2D eigenvalue weighted by Crippen LogP contribution is -2.28. The minimum atomic E-state index is -1.21. The Morgan fingerprint density at radius 3 is 3.00 bits per heavy atom. The summed E-state index contributed by atoms with van der Waals surface area (Å²) in [4.78, 5) is 12.2. The van der Waals surface area contributed by atoms with E-state index in [1.807, 2.05) is 0 Å². The quantitative estimate of drug-likeness (QED) is 0.785. The van der Waals surface area contributed by atoms with Crippen LogP contribution < -0.4 is 0 Å². The van der Waals surface area contributed by atoms with Crippen LogP contribution in [0.4, 0.5) is 0 Å². The van der Waals surface area contributed by atoms with Crippen LogP contribution in [0.3, 0.4) is 0 Å². The van der Waals surface area contributed by atoms with Gasteiger partial charge in [-0.1, -0.05) is 23.7 Å². The number of rotatable bonds is 5. The summed E-state index contributed by atoms with van der Waals surface area (Å²) in [6.07, 6.45) is 1.98. The highest BCUT2D eigenvalue weighted by Gasteiger charge is 2.26. The third-order valence-electron chi connectivity index (χ3n) is 3.25. The fraction of sp³-hybridized carbons (Fsp3) is 0.500. The molecule has 0 saturated carbocycles. The monoisotopic (exact) mass is 300 g/mol. The second-order valence-electron chi connectivity index (χ2n) is 4.70. The van der Waals surface area contributed by atoms with Crippen molar-refractivity contribution >= 4 is 28.2 Å². The molecule has 3 nitrogen and oxygen atoms in total. The van der Waals surface area contributed by atoms with E-state index in [9.17, 15) is 9.00 Å². The van der Waals surface area contributed by atoms with Crippen LogP contribution in [0.25, 0.3) is 0 Å². The lowest BCUT2D eigenvalue weighted by Gasteiger charge is -2.14. The summed E-state index contributed by atoms with van der Waals surface area (Å²) >= 11 is 5.86. The molecule has 0 aliphatic carbocycles. The van der Waals surface area contributed by atoms with Crippen LogP contribution in [-0.2, 0) is 15.5 Å². The molecule has 1 aromatic rings. The molecule has 1 fully saturated rings. The number of carbonyl (C=O) groups excluding carboxylic acids is 1. The first-order valence-corrected chi connectivity index (χ1v) is 8.12. The number of benzene rings is 1. The van der Waals surface area contributed by atoms with Gasteiger partial charge in [0.2, 0.25) is 0 Å². The first kappa shape index (κ1) is 14.7. The van der Waals surface area contributed by atoms with Gasteiger partial charge in [0.05, 0.1) is 17.1 Å². The van der Waals surface area contributed by atoms with Gasteiger partial charge < -0.3 is 4.74 Å². The highest BCUT2D eigenvalue weighted by atomic mass is 35.5. The molecule has 1 aromatic carbocycles. The fourth-order valence-corrected chi connectivity index (χ4v) is 3.58. The van der Waals surface area contributed by atoms with Gasteiger partial charge >= 0.3 is 0 Å². The molecular weight excluding hydrogens is 284 g/mol. The maximum absolute atomic E-state index is 12.2. The van der Waals surface area contributed by atoms with Crippen LogP contribution in [0, 0.1) is 0 Å². The average molecular weight is 301 g/mol. The second kappa shape index (κ2) is 6.64. The minimum absolute atomic E-state index is 0.0374. The van der Waals surface area contributed by atoms with E-state index in [1.165, 1.54) is 0 Å². The lowest BCUT2D eigenvalue weighted by atomic mass is 10.1. The van der Waals surface area contributed by atoms with E-state index in [0.717, 1.165) is 19.4 Å². The Morgan fingerprint density at radius 2 is 2.37 bits per heavy atom. The van der Waals surface area contributed by atoms with E-state index in [-0.39, 0.29) is 11.9 Å². The molecule has 5 heteroatoms. The molecule has 3 unspecified atom stereocenters. The van der Waals surface area contributed by atoms with E-state index >= 15 is 0 Å². The molecule has 19 heavy (non-hydrogen) atoms. The van der Waals surface area contributed by atoms with E-state index < -0.39 is 16.0 Å². The molecule has 0 spiro atoms. The number of halogens is 1. The number of Topliss-reactive ketones (excluding diaryl/α,β-unsaturated/α-hetero) is 1. The highest BCUT2D eigenvalue weighted by molar-refractivity contribution is 7.86. The zero-order valence-corrected chi connectivity index (χ0v) is 12.4. The summed E-state index contributed by atoms with van der Waals surface area (Å²) in [5.41, 5.74) is 0.515. The molecule has 3 atom stereocenters. The van der Waals surface area contributed by atoms with Gasteiger partial charge in [-0.25, -0.2) is 0 Å². The Hall–Kier alpha value is -0.710. The van der Waals surface area contributed by atoms with Gasteiger partial charge in [0.1, 0.15) is 0 Å². The summed E-state index contributed by atoms with van der Waals surface area (Å²) in [6.45, 7) is 2.44. The summed E-state index contributed by atoms with van der Waals surface area (Å²) in [7, 11) is -1.21. The third kappa shape index (κ3) is 3.88. The standard InChI is InChI=1S/C14H17ClO3S/c1-10(19(17)9-13-6-3-7-18-13)14(16)11-4-2-5-12(15)8-11/h2,4-5,8,10,13H,3,6-7,9H2,1H3. The topological polar surface area (TPSA) is 43.4 Å². The highest BCUT2D eigenvalue weighted by Crippen LogP contribution is 2.17. The normalized spacial score (nSPS) is 22.1. The SMILES string of the molecule is CC(C(=O)c1cccc(Cl)c1)S(=O)CC1CCCO1. The maximum atomic E-state index is 12.2. The maximum Gasteiger partial charge on any atom is 0.178 e. The number of ketones is 1. The van der Waals surface area contributed by atoms with E-state index in [1.54, 1.807) is 31.2 Å². The third-order valence-corrected chi connectivity index (χ3v) is 5.19. The van der Waals surface area contributed by atoms with Crippen molar-refractivity contribution in [2.75, 3.05) is 12.4 Å². The molecule has 0 aromatic heterocycles. The number of carbonyl (C=O) groups is 1. The predicted molar refractivity (Wildman–Crippen MR) is 77.2 cm³/mol. The van der Waals surface area contributed by atoms with Gasteiger partial charge in [-0.2, -0.15) is 0 Å². The summed E-state index contributed by atoms with van der Waals surface area (Å²) < 4.78 is 17.6. The molecule has 1 heterocycles. The number of ether oxygens (including phenoxy) is 1. The number of hydrogen-bond acceptors (Lipinski definition) is 3. The van der Waals surface area contributed by atoms with Crippen LogP contribution in [-0.4, -0.2) is 33.7 Å². The van der Waals surface area contributed by atoms with Crippen molar-refractivity contribution in [3.05, 3.63) is 34.9 Å². The Kier molecular flexibility index (Phi) is 5.13. The molecule has 0 N–H and O–H groups in total. The molecule has 0 radical (unpaired) electrons. The van der Waals surface area contributed by atoms with E-state index in [2.05, 4.69) is 0 Å². The van der Waals surface area contributed by atoms with Crippen molar-refractivity contribution in [3.8, 4) is 0 Å². The van der Waals surface area contributed by atoms with Crippen molar-refractivity contribution in [1.29, 1.82) is 0 Å². The van der Waals surface area contributed by atoms with Gasteiger partial charge in [0.15, 0.2) is 5.78 Å². The van der Waals surface area contributed by atoms with Crippen molar-refractivity contribution < 1.29 is 13.7 Å². The van der Waals surface area contributed by atoms with Crippen LogP contribution in [0.1, 0.15) is 30.1 Å². The summed E-state index contributed by atoms with van der Waals surface area (Å²) in [5, 5.41) is -0.00868. The van der Waals surface area contributed by atoms with Crippen molar-refractivity contribution in [2.45, 2.75) is 31.1 Å². The van der Waals surface area contributed by atoms with E-state index in [0.29, 0.717) is 16.3 Å². The Balaban J connectivity index is 1.99. The Bertz CT molecular complexity index is 483. The smallest absolute Gasteiger partial charge is 0.178 e. The van der Waals surface area contributed by atoms with Crippen LogP contribution >= 0.6 is 11.6 Å². The zero-order chi connectivity index (χ0) is 13.8. The molecular formula is C14H17ClO3S. The van der Waals surface area contributed by atoms with Gasteiger partial charge in [-0.05, 0) is 31.9 Å². The van der Waals surface area contributed by atoms with E-state index in [4.69, 9.17) is 16.3 Å². The van der Waals surface area contributed by atoms with Gasteiger partial charge in [0, 0.05) is 28.0 Å². The molecule has 2 rings (SSSR count). The Morgan fingerprint density at radius 1 is 1.58 bits per heavy atom. The Labute approximate surface area is 120 Å². The largest absolute Gasteiger partial charge is 0.377 e. The molecule has 0 bridgehead atoms. The van der Waals surface area contributed by atoms with Crippen molar-refractivity contribution in [3.63, 3.8) is 0 Å². The molecule has 0 amide bonds. The number of hydrogen-bond donors (Lipinski definition) is 0. The fourth-order valence-electron chi connectivity index (χ4n) is 2.10.